The maximum atomic E-state index is 13.2. The number of sulfonamides is 1. The summed E-state index contributed by atoms with van der Waals surface area (Å²) in [6, 6.07) is 9.86. The first-order valence-electron chi connectivity index (χ1n) is 5.68. The Morgan fingerprint density at radius 1 is 1.10 bits per heavy atom. The number of anilines is 2. The predicted molar refractivity (Wildman–Crippen MR) is 78.2 cm³/mol. The largest absolute Gasteiger partial charge is 0.387 e. The standard InChI is InChI=1S/C13H12ClFN2O2S/c1-16-11-4-2-3-5-13(11)20(18,19)17-12-8-9(15)6-7-10(12)14/h2-8,16-17H,1H3. The van der Waals surface area contributed by atoms with Crippen molar-refractivity contribution >= 4 is 33.0 Å². The molecule has 0 saturated heterocycles. The van der Waals surface area contributed by atoms with Crippen LogP contribution in [0, 0.1) is 5.82 Å². The summed E-state index contributed by atoms with van der Waals surface area (Å²) >= 11 is 5.85. The van der Waals surface area contributed by atoms with E-state index in [4.69, 9.17) is 11.6 Å². The average Bonchev–Trinajstić information content (AvgIpc) is 2.42. The fraction of sp³-hybridized carbons (Fsp3) is 0.0769. The molecular weight excluding hydrogens is 303 g/mol. The zero-order valence-corrected chi connectivity index (χ0v) is 12.1. The van der Waals surface area contributed by atoms with E-state index in [1.807, 2.05) is 0 Å². The Kier molecular flexibility index (Phi) is 4.15. The van der Waals surface area contributed by atoms with Gasteiger partial charge in [-0.1, -0.05) is 23.7 Å². The lowest BCUT2D eigenvalue weighted by atomic mass is 10.3. The molecule has 2 rings (SSSR count). The summed E-state index contributed by atoms with van der Waals surface area (Å²) in [6.07, 6.45) is 0. The first kappa shape index (κ1) is 14.6. The second kappa shape index (κ2) is 5.68. The minimum atomic E-state index is -3.86. The predicted octanol–water partition coefficient (Wildman–Crippen LogP) is 3.32. The molecular formula is C13H12ClFN2O2S. The quantitative estimate of drug-likeness (QED) is 0.910. The van der Waals surface area contributed by atoms with Crippen molar-refractivity contribution in [3.05, 3.63) is 53.3 Å². The first-order valence-corrected chi connectivity index (χ1v) is 7.55. The van der Waals surface area contributed by atoms with E-state index < -0.39 is 15.8 Å². The van der Waals surface area contributed by atoms with Crippen LogP contribution in [0.2, 0.25) is 5.02 Å². The van der Waals surface area contributed by atoms with Gasteiger partial charge in [0.2, 0.25) is 0 Å². The summed E-state index contributed by atoms with van der Waals surface area (Å²) < 4.78 is 40.1. The van der Waals surface area contributed by atoms with Gasteiger partial charge in [0.05, 0.1) is 16.4 Å². The third kappa shape index (κ3) is 3.02. The van der Waals surface area contributed by atoms with Crippen molar-refractivity contribution in [2.45, 2.75) is 4.90 Å². The first-order chi connectivity index (χ1) is 9.44. The average molecular weight is 315 g/mol. The number of halogens is 2. The summed E-state index contributed by atoms with van der Waals surface area (Å²) in [5.74, 6) is -0.575. The molecule has 0 atom stereocenters. The molecule has 0 aromatic heterocycles. The van der Waals surface area contributed by atoms with Gasteiger partial charge in [-0.05, 0) is 30.3 Å². The lowest BCUT2D eigenvalue weighted by molar-refractivity contribution is 0.601. The number of hydrogen-bond donors (Lipinski definition) is 2. The van der Waals surface area contributed by atoms with Crippen molar-refractivity contribution in [1.29, 1.82) is 0 Å². The highest BCUT2D eigenvalue weighted by Gasteiger charge is 2.19. The van der Waals surface area contributed by atoms with Crippen molar-refractivity contribution in [3.63, 3.8) is 0 Å². The number of hydrogen-bond acceptors (Lipinski definition) is 3. The van der Waals surface area contributed by atoms with Crippen molar-refractivity contribution in [3.8, 4) is 0 Å². The minimum absolute atomic E-state index is 0.00225. The van der Waals surface area contributed by atoms with E-state index >= 15 is 0 Å². The molecule has 0 aliphatic rings. The van der Waals surface area contributed by atoms with Crippen LogP contribution in [0.4, 0.5) is 15.8 Å². The van der Waals surface area contributed by atoms with Crippen LogP contribution in [-0.2, 0) is 10.0 Å². The SMILES string of the molecule is CNc1ccccc1S(=O)(=O)Nc1cc(F)ccc1Cl. The second-order valence-corrected chi connectivity index (χ2v) is 6.03. The smallest absolute Gasteiger partial charge is 0.263 e. The van der Waals surface area contributed by atoms with Crippen LogP contribution < -0.4 is 10.0 Å². The Balaban J connectivity index is 2.43. The zero-order chi connectivity index (χ0) is 14.8. The molecule has 2 N–H and O–H groups in total. The second-order valence-electron chi connectivity index (χ2n) is 3.98. The molecule has 0 amide bonds. The van der Waals surface area contributed by atoms with Crippen molar-refractivity contribution in [2.24, 2.45) is 0 Å². The van der Waals surface area contributed by atoms with Crippen LogP contribution in [-0.4, -0.2) is 15.5 Å². The lowest BCUT2D eigenvalue weighted by Gasteiger charge is -2.12. The fourth-order valence-electron chi connectivity index (χ4n) is 1.68. The van der Waals surface area contributed by atoms with E-state index in [-0.39, 0.29) is 15.6 Å². The van der Waals surface area contributed by atoms with E-state index in [0.29, 0.717) is 5.69 Å². The molecule has 0 spiro atoms. The van der Waals surface area contributed by atoms with Crippen LogP contribution in [0.25, 0.3) is 0 Å². The molecule has 2 aromatic rings. The maximum absolute atomic E-state index is 13.2. The van der Waals surface area contributed by atoms with Crippen LogP contribution in [0.15, 0.2) is 47.4 Å². The fourth-order valence-corrected chi connectivity index (χ4v) is 3.19. The summed E-state index contributed by atoms with van der Waals surface area (Å²) in [5.41, 5.74) is 0.435. The van der Waals surface area contributed by atoms with Crippen molar-refractivity contribution < 1.29 is 12.8 Å². The molecule has 0 bridgehead atoms. The molecule has 0 radical (unpaired) electrons. The highest BCUT2D eigenvalue weighted by atomic mass is 35.5. The monoisotopic (exact) mass is 314 g/mol. The van der Waals surface area contributed by atoms with Gasteiger partial charge in [0, 0.05) is 7.05 Å². The van der Waals surface area contributed by atoms with Crippen LogP contribution in [0.1, 0.15) is 0 Å². The normalized spacial score (nSPS) is 11.2. The van der Waals surface area contributed by atoms with Crippen LogP contribution in [0.3, 0.4) is 0 Å². The molecule has 4 nitrogen and oxygen atoms in total. The Bertz CT molecular complexity index is 735. The summed E-state index contributed by atoms with van der Waals surface area (Å²) in [5, 5.41) is 2.91. The van der Waals surface area contributed by atoms with Gasteiger partial charge >= 0.3 is 0 Å². The molecule has 106 valence electrons. The molecule has 0 unspecified atom stereocenters. The van der Waals surface area contributed by atoms with E-state index in [0.717, 1.165) is 12.1 Å². The topological polar surface area (TPSA) is 58.2 Å². The van der Waals surface area contributed by atoms with Crippen LogP contribution in [0.5, 0.6) is 0 Å². The van der Waals surface area contributed by atoms with Crippen LogP contribution >= 0.6 is 11.6 Å². The van der Waals surface area contributed by atoms with Gasteiger partial charge in [-0.3, -0.25) is 4.72 Å². The number of para-hydroxylation sites is 1. The Hall–Kier alpha value is -1.79. The highest BCUT2D eigenvalue weighted by molar-refractivity contribution is 7.92. The molecule has 0 saturated carbocycles. The summed E-state index contributed by atoms with van der Waals surface area (Å²) in [6.45, 7) is 0. The van der Waals surface area contributed by atoms with E-state index in [1.54, 1.807) is 25.2 Å². The zero-order valence-electron chi connectivity index (χ0n) is 10.5. The number of nitrogens with one attached hydrogen (secondary N) is 2. The molecule has 2 aromatic carbocycles. The number of benzene rings is 2. The number of rotatable bonds is 4. The van der Waals surface area contributed by atoms with Gasteiger partial charge in [-0.2, -0.15) is 0 Å². The van der Waals surface area contributed by atoms with E-state index in [1.165, 1.54) is 12.1 Å². The van der Waals surface area contributed by atoms with Gasteiger partial charge in [-0.25, -0.2) is 12.8 Å². The maximum Gasteiger partial charge on any atom is 0.263 e. The molecule has 0 aliphatic heterocycles. The Labute approximate surface area is 121 Å². The molecule has 0 aliphatic carbocycles. The van der Waals surface area contributed by atoms with Crippen molar-refractivity contribution in [2.75, 3.05) is 17.1 Å². The highest BCUT2D eigenvalue weighted by Crippen LogP contribution is 2.27. The minimum Gasteiger partial charge on any atom is -0.387 e. The Morgan fingerprint density at radius 3 is 2.50 bits per heavy atom. The van der Waals surface area contributed by atoms with Crippen molar-refractivity contribution in [1.82, 2.24) is 0 Å². The van der Waals surface area contributed by atoms with Gasteiger partial charge in [0.15, 0.2) is 0 Å². The molecule has 0 fully saturated rings. The van der Waals surface area contributed by atoms with Gasteiger partial charge < -0.3 is 5.32 Å². The van der Waals surface area contributed by atoms with Gasteiger partial charge in [0.25, 0.3) is 10.0 Å². The van der Waals surface area contributed by atoms with Gasteiger partial charge in [0.1, 0.15) is 10.7 Å². The summed E-state index contributed by atoms with van der Waals surface area (Å²) in [7, 11) is -2.24. The van der Waals surface area contributed by atoms with E-state index in [9.17, 15) is 12.8 Å². The third-order valence-electron chi connectivity index (χ3n) is 2.62. The van der Waals surface area contributed by atoms with Gasteiger partial charge in [-0.15, -0.1) is 0 Å². The van der Waals surface area contributed by atoms with E-state index in [2.05, 4.69) is 10.0 Å². The lowest BCUT2D eigenvalue weighted by Crippen LogP contribution is -2.15. The molecule has 0 heterocycles. The Morgan fingerprint density at radius 2 is 1.80 bits per heavy atom. The molecule has 7 heteroatoms. The molecule has 20 heavy (non-hydrogen) atoms. The third-order valence-corrected chi connectivity index (χ3v) is 4.37. The summed E-state index contributed by atoms with van der Waals surface area (Å²) in [4.78, 5) is 0.0582.